The van der Waals surface area contributed by atoms with Crippen molar-refractivity contribution in [2.24, 2.45) is 0 Å². The van der Waals surface area contributed by atoms with Crippen LogP contribution in [-0.4, -0.2) is 65.9 Å². The molecule has 0 aliphatic carbocycles. The van der Waals surface area contributed by atoms with Crippen LogP contribution >= 0.6 is 11.3 Å². The van der Waals surface area contributed by atoms with E-state index in [4.69, 9.17) is 14.2 Å². The fourth-order valence-electron chi connectivity index (χ4n) is 4.39. The summed E-state index contributed by atoms with van der Waals surface area (Å²) in [4.78, 5) is 23.2. The molecule has 13 heteroatoms. The van der Waals surface area contributed by atoms with Crippen molar-refractivity contribution in [3.63, 3.8) is 0 Å². The second-order valence-electron chi connectivity index (χ2n) is 10.6. The minimum atomic E-state index is -3.97. The number of benzene rings is 1. The Labute approximate surface area is 235 Å². The van der Waals surface area contributed by atoms with E-state index in [1.807, 2.05) is 6.92 Å². The molecule has 4 aromatic rings. The van der Waals surface area contributed by atoms with Crippen LogP contribution in [0.4, 0.5) is 9.18 Å². The van der Waals surface area contributed by atoms with Crippen LogP contribution in [0, 0.1) is 12.7 Å². The van der Waals surface area contributed by atoms with Gasteiger partial charge >= 0.3 is 6.09 Å². The predicted molar refractivity (Wildman–Crippen MR) is 147 cm³/mol. The lowest BCUT2D eigenvalue weighted by Crippen LogP contribution is -2.63. The van der Waals surface area contributed by atoms with Gasteiger partial charge in [-0.25, -0.2) is 31.5 Å². The molecule has 1 amide bonds. The van der Waals surface area contributed by atoms with Gasteiger partial charge in [0, 0.05) is 30.5 Å². The number of pyridine rings is 1. The second-order valence-corrected chi connectivity index (χ2v) is 13.4. The molecular weight excluding hydrogens is 559 g/mol. The molecule has 4 heterocycles. The predicted octanol–water partition coefficient (Wildman–Crippen LogP) is 4.91. The normalized spacial score (nSPS) is 15.3. The molecule has 0 atom stereocenters. The van der Waals surface area contributed by atoms with Gasteiger partial charge in [0.05, 0.1) is 29.1 Å². The first-order valence-corrected chi connectivity index (χ1v) is 14.7. The zero-order chi connectivity index (χ0) is 28.9. The first-order valence-electron chi connectivity index (χ1n) is 12.4. The first kappa shape index (κ1) is 28.1. The molecule has 1 aromatic carbocycles. The number of likely N-dealkylation sites (tertiary alicyclic amines) is 1. The molecular formula is C27H29FN4O6S2. The highest BCUT2D eigenvalue weighted by Crippen LogP contribution is 2.43. The molecule has 10 nitrogen and oxygen atoms in total. The number of aryl methyl sites for hydroxylation is 1. The third kappa shape index (κ3) is 5.09. The van der Waals surface area contributed by atoms with Gasteiger partial charge in [0.1, 0.15) is 17.4 Å². The number of fused-ring (bicyclic) bond motifs is 1. The number of amides is 1. The van der Waals surface area contributed by atoms with Crippen molar-refractivity contribution in [1.29, 1.82) is 0 Å². The molecule has 1 aliphatic heterocycles. The van der Waals surface area contributed by atoms with Crippen molar-refractivity contribution in [2.75, 3.05) is 27.0 Å². The van der Waals surface area contributed by atoms with Crippen molar-refractivity contribution < 1.29 is 31.8 Å². The molecule has 0 radical (unpaired) electrons. The number of hydrogen-bond acceptors (Lipinski definition) is 9. The van der Waals surface area contributed by atoms with Gasteiger partial charge in [0.2, 0.25) is 0 Å². The highest BCUT2D eigenvalue weighted by atomic mass is 32.2. The molecule has 0 saturated carbocycles. The number of carbonyl (C=O) groups is 1. The number of ether oxygens (including phenoxy) is 3. The van der Waals surface area contributed by atoms with E-state index in [0.29, 0.717) is 15.3 Å². The Bertz CT molecular complexity index is 1670. The van der Waals surface area contributed by atoms with Gasteiger partial charge in [-0.1, -0.05) is 17.7 Å². The van der Waals surface area contributed by atoms with Crippen LogP contribution in [0.5, 0.6) is 0 Å². The average molecular weight is 589 g/mol. The van der Waals surface area contributed by atoms with E-state index in [-0.39, 0.29) is 36.0 Å². The van der Waals surface area contributed by atoms with Crippen molar-refractivity contribution in [1.82, 2.24) is 18.8 Å². The summed E-state index contributed by atoms with van der Waals surface area (Å²) in [6.07, 6.45) is 3.41. The van der Waals surface area contributed by atoms with Crippen LogP contribution in [0.15, 0.2) is 53.8 Å². The number of carbonyl (C=O) groups excluding carboxylic acids is 1. The summed E-state index contributed by atoms with van der Waals surface area (Å²) in [6.45, 7) is 7.55. The quantitative estimate of drug-likeness (QED) is 0.280. The Kier molecular flexibility index (Phi) is 7.19. The molecule has 0 N–H and O–H groups in total. The molecule has 0 spiro atoms. The largest absolute Gasteiger partial charge is 0.444 e. The van der Waals surface area contributed by atoms with Crippen molar-refractivity contribution in [2.45, 2.75) is 43.8 Å². The number of aromatic nitrogens is 3. The van der Waals surface area contributed by atoms with Crippen LogP contribution in [-0.2, 0) is 29.8 Å². The summed E-state index contributed by atoms with van der Waals surface area (Å²) in [5, 5.41) is 0.845. The van der Waals surface area contributed by atoms with Crippen molar-refractivity contribution in [3.8, 4) is 10.4 Å². The number of hydrogen-bond donors (Lipinski definition) is 0. The maximum atomic E-state index is 15.2. The topological polar surface area (TPSA) is 113 Å². The van der Waals surface area contributed by atoms with Gasteiger partial charge in [-0.15, -0.1) is 11.3 Å². The summed E-state index contributed by atoms with van der Waals surface area (Å²) in [5.41, 5.74) is -0.411. The lowest BCUT2D eigenvalue weighted by atomic mass is 9.95. The Morgan fingerprint density at radius 1 is 1.12 bits per heavy atom. The minimum Gasteiger partial charge on any atom is -0.444 e. The summed E-state index contributed by atoms with van der Waals surface area (Å²) >= 11 is 1.19. The van der Waals surface area contributed by atoms with Gasteiger partial charge in [-0.3, -0.25) is 0 Å². The minimum absolute atomic E-state index is 0.0370. The summed E-state index contributed by atoms with van der Waals surface area (Å²) in [6, 6.07) is 7.99. The Morgan fingerprint density at radius 3 is 2.48 bits per heavy atom. The molecule has 1 aliphatic rings. The third-order valence-electron chi connectivity index (χ3n) is 6.35. The van der Waals surface area contributed by atoms with E-state index in [9.17, 15) is 13.2 Å². The lowest BCUT2D eigenvalue weighted by Gasteiger charge is -2.47. The van der Waals surface area contributed by atoms with E-state index in [1.165, 1.54) is 53.9 Å². The highest BCUT2D eigenvalue weighted by molar-refractivity contribution is 7.90. The van der Waals surface area contributed by atoms with Crippen molar-refractivity contribution in [3.05, 3.63) is 65.3 Å². The van der Waals surface area contributed by atoms with Gasteiger partial charge in [0.25, 0.3) is 10.0 Å². The fourth-order valence-corrected chi connectivity index (χ4v) is 6.80. The Balaban J connectivity index is 1.49. The molecule has 1 saturated heterocycles. The number of rotatable bonds is 7. The van der Waals surface area contributed by atoms with Gasteiger partial charge in [-0.2, -0.15) is 0 Å². The zero-order valence-electron chi connectivity index (χ0n) is 22.7. The zero-order valence-corrected chi connectivity index (χ0v) is 24.3. The van der Waals surface area contributed by atoms with Crippen LogP contribution in [0.1, 0.15) is 31.3 Å². The van der Waals surface area contributed by atoms with Crippen molar-refractivity contribution >= 4 is 38.5 Å². The van der Waals surface area contributed by atoms with Crippen LogP contribution < -0.4 is 0 Å². The molecule has 0 bridgehead atoms. The Hall–Kier alpha value is -3.39. The number of thiazole rings is 1. The maximum absolute atomic E-state index is 15.2. The molecule has 3 aromatic heterocycles. The van der Waals surface area contributed by atoms with Crippen LogP contribution in [0.2, 0.25) is 0 Å². The Morgan fingerprint density at radius 2 is 1.82 bits per heavy atom. The SMILES string of the molecule is COCOC1(c2ncc(-c3c(F)cnc4c3ccn4S(=O)(=O)c3ccc(C)cc3)s2)CN(C(=O)OC(C)(C)C)C1. The van der Waals surface area contributed by atoms with E-state index in [1.54, 1.807) is 32.9 Å². The number of halogens is 1. The van der Waals surface area contributed by atoms with E-state index in [0.717, 1.165) is 15.7 Å². The van der Waals surface area contributed by atoms with Gasteiger partial charge < -0.3 is 19.1 Å². The highest BCUT2D eigenvalue weighted by Gasteiger charge is 2.51. The van der Waals surface area contributed by atoms with Crippen LogP contribution in [0.25, 0.3) is 21.5 Å². The van der Waals surface area contributed by atoms with Gasteiger partial charge in [-0.05, 0) is 45.9 Å². The standard InChI is InChI=1S/C27H29FN4O6S2/c1-17-6-8-18(9-7-17)40(34,35)32-11-10-19-22(20(28)12-29-23(19)32)21-13-30-24(39-21)27(37-16-36-5)14-31(15-27)25(33)38-26(2,3)4/h6-13H,14-16H2,1-5H3. The number of nitrogens with zero attached hydrogens (tertiary/aromatic N) is 4. The van der Waals surface area contributed by atoms with E-state index < -0.39 is 33.1 Å². The van der Waals surface area contributed by atoms with Gasteiger partial charge in [0.15, 0.2) is 17.1 Å². The second kappa shape index (κ2) is 10.2. The first-order chi connectivity index (χ1) is 18.8. The molecule has 212 valence electrons. The van der Waals surface area contributed by atoms with E-state index >= 15 is 4.39 Å². The molecule has 0 unspecified atom stereocenters. The van der Waals surface area contributed by atoms with E-state index in [2.05, 4.69) is 9.97 Å². The van der Waals surface area contributed by atoms with Crippen LogP contribution in [0.3, 0.4) is 0 Å². The molecule has 40 heavy (non-hydrogen) atoms. The smallest absolute Gasteiger partial charge is 0.410 e. The summed E-state index contributed by atoms with van der Waals surface area (Å²) in [7, 11) is -2.48. The third-order valence-corrected chi connectivity index (χ3v) is 9.23. The monoisotopic (exact) mass is 588 g/mol. The summed E-state index contributed by atoms with van der Waals surface area (Å²) < 4.78 is 59.5. The summed E-state index contributed by atoms with van der Waals surface area (Å²) in [5.74, 6) is -0.621. The maximum Gasteiger partial charge on any atom is 0.410 e. The number of methoxy groups -OCH3 is 1. The molecule has 1 fully saturated rings. The fraction of sp³-hybridized carbons (Fsp3) is 0.370. The molecule has 5 rings (SSSR count). The average Bonchev–Trinajstić information content (AvgIpc) is 3.51. The lowest BCUT2D eigenvalue weighted by molar-refractivity contribution is -0.193.